The summed E-state index contributed by atoms with van der Waals surface area (Å²) in [6.07, 6.45) is 4.29. The van der Waals surface area contributed by atoms with Gasteiger partial charge in [-0.1, -0.05) is 6.92 Å². The van der Waals surface area contributed by atoms with E-state index in [0.29, 0.717) is 6.54 Å². The van der Waals surface area contributed by atoms with Gasteiger partial charge in [0.25, 0.3) is 0 Å². The van der Waals surface area contributed by atoms with Crippen LogP contribution in [0.15, 0.2) is 18.5 Å². The molecule has 0 aromatic carbocycles. The molecule has 0 radical (unpaired) electrons. The second-order valence-corrected chi connectivity index (χ2v) is 3.67. The minimum Gasteiger partial charge on any atom is -0.468 e. The Morgan fingerprint density at radius 1 is 1.62 bits per heavy atom. The fourth-order valence-corrected chi connectivity index (χ4v) is 1.47. The number of aryl methyl sites for hydroxylation is 1. The Balaban J connectivity index is 2.56. The van der Waals surface area contributed by atoms with Gasteiger partial charge in [0.05, 0.1) is 7.11 Å². The molecule has 1 atom stereocenters. The van der Waals surface area contributed by atoms with Crippen molar-refractivity contribution in [1.82, 2.24) is 10.3 Å². The van der Waals surface area contributed by atoms with Crippen molar-refractivity contribution < 1.29 is 9.53 Å². The summed E-state index contributed by atoms with van der Waals surface area (Å²) in [5.74, 6) is -0.214. The number of carbonyl (C=O) groups excluding carboxylic acids is 1. The minimum absolute atomic E-state index is 0.214. The lowest BCUT2D eigenvalue weighted by Gasteiger charge is -2.15. The fraction of sp³-hybridized carbons (Fsp3) is 0.500. The molecule has 1 aromatic heterocycles. The van der Waals surface area contributed by atoms with E-state index in [1.165, 1.54) is 7.11 Å². The zero-order chi connectivity index (χ0) is 12.0. The topological polar surface area (TPSA) is 51.2 Å². The van der Waals surface area contributed by atoms with Crippen LogP contribution in [0.1, 0.15) is 24.5 Å². The molecule has 4 nitrogen and oxygen atoms in total. The fourth-order valence-electron chi connectivity index (χ4n) is 1.47. The van der Waals surface area contributed by atoms with Gasteiger partial charge in [-0.2, -0.15) is 0 Å². The summed E-state index contributed by atoms with van der Waals surface area (Å²) in [5.41, 5.74) is 2.27. The monoisotopic (exact) mass is 222 g/mol. The van der Waals surface area contributed by atoms with Gasteiger partial charge in [0.1, 0.15) is 6.04 Å². The van der Waals surface area contributed by atoms with Gasteiger partial charge >= 0.3 is 5.97 Å². The first kappa shape index (κ1) is 12.6. The van der Waals surface area contributed by atoms with Crippen LogP contribution >= 0.6 is 0 Å². The first-order chi connectivity index (χ1) is 7.69. The third-order valence-electron chi connectivity index (χ3n) is 2.57. The van der Waals surface area contributed by atoms with Crippen LogP contribution in [0, 0.1) is 6.92 Å². The highest BCUT2D eigenvalue weighted by molar-refractivity contribution is 5.75. The molecular weight excluding hydrogens is 204 g/mol. The molecule has 0 aliphatic rings. The highest BCUT2D eigenvalue weighted by Crippen LogP contribution is 2.05. The van der Waals surface area contributed by atoms with Gasteiger partial charge in [-0.25, -0.2) is 0 Å². The summed E-state index contributed by atoms with van der Waals surface area (Å²) in [4.78, 5) is 15.4. The van der Waals surface area contributed by atoms with Crippen molar-refractivity contribution in [2.24, 2.45) is 0 Å². The highest BCUT2D eigenvalue weighted by Gasteiger charge is 2.15. The molecule has 88 valence electrons. The number of esters is 1. The molecule has 1 N–H and O–H groups in total. The molecule has 0 saturated heterocycles. The average molecular weight is 222 g/mol. The molecule has 0 spiro atoms. The van der Waals surface area contributed by atoms with Gasteiger partial charge in [0.15, 0.2) is 0 Å². The lowest BCUT2D eigenvalue weighted by Crippen LogP contribution is -2.36. The number of aromatic nitrogens is 1. The molecular formula is C12H18N2O2. The first-order valence-corrected chi connectivity index (χ1v) is 5.39. The van der Waals surface area contributed by atoms with E-state index in [-0.39, 0.29) is 12.0 Å². The van der Waals surface area contributed by atoms with Crippen molar-refractivity contribution in [3.63, 3.8) is 0 Å². The standard InChI is InChI=1S/C12H18N2O2/c1-4-11(12(15)16-3)14-8-10-5-6-13-7-9(10)2/h5-7,11,14H,4,8H2,1-3H3. The van der Waals surface area contributed by atoms with E-state index >= 15 is 0 Å². The Labute approximate surface area is 96.0 Å². The zero-order valence-corrected chi connectivity index (χ0v) is 9.99. The molecule has 0 fully saturated rings. The average Bonchev–Trinajstić information content (AvgIpc) is 2.31. The molecule has 1 heterocycles. The van der Waals surface area contributed by atoms with Gasteiger partial charge < -0.3 is 10.1 Å². The van der Waals surface area contributed by atoms with E-state index in [1.807, 2.05) is 26.1 Å². The van der Waals surface area contributed by atoms with Gasteiger partial charge in [-0.05, 0) is 30.5 Å². The summed E-state index contributed by atoms with van der Waals surface area (Å²) < 4.78 is 4.71. The lowest BCUT2D eigenvalue weighted by molar-refractivity contribution is -0.143. The summed E-state index contributed by atoms with van der Waals surface area (Å²) in [6.45, 7) is 4.61. The lowest BCUT2D eigenvalue weighted by atomic mass is 10.1. The van der Waals surface area contributed by atoms with Crippen LogP contribution in [-0.2, 0) is 16.1 Å². The molecule has 1 unspecified atom stereocenters. The van der Waals surface area contributed by atoms with Gasteiger partial charge in [0.2, 0.25) is 0 Å². The van der Waals surface area contributed by atoms with Crippen molar-refractivity contribution in [2.75, 3.05) is 7.11 Å². The van der Waals surface area contributed by atoms with Crippen LogP contribution in [0.2, 0.25) is 0 Å². The quantitative estimate of drug-likeness (QED) is 0.766. The molecule has 0 aliphatic carbocycles. The minimum atomic E-state index is -0.238. The Morgan fingerprint density at radius 2 is 2.38 bits per heavy atom. The molecule has 16 heavy (non-hydrogen) atoms. The van der Waals surface area contributed by atoms with Crippen LogP contribution in [0.5, 0.6) is 0 Å². The van der Waals surface area contributed by atoms with Crippen LogP contribution in [0.4, 0.5) is 0 Å². The number of carbonyl (C=O) groups is 1. The second kappa shape index (κ2) is 6.23. The van der Waals surface area contributed by atoms with E-state index in [0.717, 1.165) is 17.5 Å². The first-order valence-electron chi connectivity index (χ1n) is 5.39. The molecule has 4 heteroatoms. The molecule has 0 bridgehead atoms. The van der Waals surface area contributed by atoms with Crippen LogP contribution in [0.25, 0.3) is 0 Å². The Morgan fingerprint density at radius 3 is 2.94 bits per heavy atom. The van der Waals surface area contributed by atoms with Crippen molar-refractivity contribution in [3.8, 4) is 0 Å². The number of methoxy groups -OCH3 is 1. The van der Waals surface area contributed by atoms with Gasteiger partial charge in [-0.15, -0.1) is 0 Å². The predicted octanol–water partition coefficient (Wildman–Crippen LogP) is 1.43. The van der Waals surface area contributed by atoms with Gasteiger partial charge in [0, 0.05) is 18.9 Å². The summed E-state index contributed by atoms with van der Waals surface area (Å²) in [6, 6.07) is 1.71. The number of pyridine rings is 1. The molecule has 1 aromatic rings. The Hall–Kier alpha value is -1.42. The van der Waals surface area contributed by atoms with Crippen molar-refractivity contribution in [2.45, 2.75) is 32.9 Å². The van der Waals surface area contributed by atoms with E-state index < -0.39 is 0 Å². The molecule has 0 amide bonds. The maximum Gasteiger partial charge on any atom is 0.322 e. The van der Waals surface area contributed by atoms with Crippen LogP contribution < -0.4 is 5.32 Å². The van der Waals surface area contributed by atoms with E-state index in [2.05, 4.69) is 10.3 Å². The Kier molecular flexibility index (Phi) is 4.92. The maximum absolute atomic E-state index is 11.4. The third-order valence-corrected chi connectivity index (χ3v) is 2.57. The normalized spacial score (nSPS) is 12.2. The smallest absolute Gasteiger partial charge is 0.322 e. The van der Waals surface area contributed by atoms with Crippen LogP contribution in [0.3, 0.4) is 0 Å². The highest BCUT2D eigenvalue weighted by atomic mass is 16.5. The number of nitrogens with one attached hydrogen (secondary N) is 1. The van der Waals surface area contributed by atoms with Crippen molar-refractivity contribution in [3.05, 3.63) is 29.6 Å². The number of hydrogen-bond acceptors (Lipinski definition) is 4. The zero-order valence-electron chi connectivity index (χ0n) is 9.99. The van der Waals surface area contributed by atoms with E-state index in [1.54, 1.807) is 6.20 Å². The SMILES string of the molecule is CCC(NCc1ccncc1C)C(=O)OC. The van der Waals surface area contributed by atoms with E-state index in [9.17, 15) is 4.79 Å². The Bertz CT molecular complexity index is 353. The van der Waals surface area contributed by atoms with Gasteiger partial charge in [-0.3, -0.25) is 9.78 Å². The molecule has 0 aliphatic heterocycles. The van der Waals surface area contributed by atoms with Crippen molar-refractivity contribution >= 4 is 5.97 Å². The third kappa shape index (κ3) is 3.31. The largest absolute Gasteiger partial charge is 0.468 e. The maximum atomic E-state index is 11.4. The number of ether oxygens (including phenoxy) is 1. The molecule has 0 saturated carbocycles. The number of nitrogens with zero attached hydrogens (tertiary/aromatic N) is 1. The summed E-state index contributed by atoms with van der Waals surface area (Å²) >= 11 is 0. The second-order valence-electron chi connectivity index (χ2n) is 3.67. The summed E-state index contributed by atoms with van der Waals surface area (Å²) in [5, 5.41) is 3.17. The predicted molar refractivity (Wildman–Crippen MR) is 61.9 cm³/mol. The number of hydrogen-bond donors (Lipinski definition) is 1. The van der Waals surface area contributed by atoms with Crippen molar-refractivity contribution in [1.29, 1.82) is 0 Å². The van der Waals surface area contributed by atoms with Crippen LogP contribution in [-0.4, -0.2) is 24.1 Å². The molecule has 1 rings (SSSR count). The number of rotatable bonds is 5. The van der Waals surface area contributed by atoms with E-state index in [4.69, 9.17) is 4.74 Å². The summed E-state index contributed by atoms with van der Waals surface area (Å²) in [7, 11) is 1.41.